The van der Waals surface area contributed by atoms with Crippen LogP contribution < -0.4 is 28.4 Å². The van der Waals surface area contributed by atoms with E-state index in [-0.39, 0.29) is 18.5 Å². The molecule has 0 spiro atoms. The number of rotatable bonds is 4. The summed E-state index contributed by atoms with van der Waals surface area (Å²) in [6.45, 7) is 5.23. The molecule has 1 aliphatic carbocycles. The zero-order chi connectivity index (χ0) is 23.2. The quantitative estimate of drug-likeness (QED) is 0.566. The molecule has 0 amide bonds. The Balaban J connectivity index is 2.14. The van der Waals surface area contributed by atoms with Crippen LogP contribution >= 0.6 is 0 Å². The largest absolute Gasteiger partial charge is 0.493 e. The van der Waals surface area contributed by atoms with E-state index in [4.69, 9.17) is 28.4 Å². The van der Waals surface area contributed by atoms with Crippen molar-refractivity contribution in [2.24, 2.45) is 5.92 Å². The Labute approximate surface area is 186 Å². The first-order valence-corrected chi connectivity index (χ1v) is 10.4. The third kappa shape index (κ3) is 3.48. The van der Waals surface area contributed by atoms with Crippen molar-refractivity contribution in [1.82, 2.24) is 0 Å². The van der Waals surface area contributed by atoms with Gasteiger partial charge in [-0.2, -0.15) is 0 Å². The van der Waals surface area contributed by atoms with E-state index in [1.807, 2.05) is 19.9 Å². The molecule has 0 aromatic heterocycles. The highest BCUT2D eigenvalue weighted by Gasteiger charge is 2.39. The second-order valence-electron chi connectivity index (χ2n) is 8.39. The van der Waals surface area contributed by atoms with E-state index in [1.165, 1.54) is 21.1 Å². The maximum atomic E-state index is 11.9. The molecule has 2 aromatic carbocycles. The van der Waals surface area contributed by atoms with Crippen LogP contribution in [0, 0.1) is 5.92 Å². The van der Waals surface area contributed by atoms with Gasteiger partial charge in [-0.15, -0.1) is 0 Å². The average Bonchev–Trinajstić information content (AvgIpc) is 3.20. The number of carbonyl (C=O) groups excluding carboxylic acids is 1. The van der Waals surface area contributed by atoms with Crippen LogP contribution in [0.5, 0.6) is 34.5 Å². The molecule has 0 radical (unpaired) electrons. The Bertz CT molecular complexity index is 1070. The van der Waals surface area contributed by atoms with E-state index in [1.54, 1.807) is 13.2 Å². The van der Waals surface area contributed by atoms with Crippen LogP contribution in [0.3, 0.4) is 0 Å². The van der Waals surface area contributed by atoms with E-state index in [9.17, 15) is 9.90 Å². The lowest BCUT2D eigenvalue weighted by Crippen LogP contribution is -2.37. The summed E-state index contributed by atoms with van der Waals surface area (Å²) in [6.07, 6.45) is 0.889. The van der Waals surface area contributed by atoms with Crippen molar-refractivity contribution in [2.75, 3.05) is 28.1 Å². The molecule has 0 unspecified atom stereocenters. The van der Waals surface area contributed by atoms with Crippen molar-refractivity contribution < 1.29 is 38.3 Å². The van der Waals surface area contributed by atoms with Gasteiger partial charge in [0.1, 0.15) is 0 Å². The van der Waals surface area contributed by atoms with E-state index < -0.39 is 11.6 Å². The lowest BCUT2D eigenvalue weighted by Gasteiger charge is -2.35. The zero-order valence-electron chi connectivity index (χ0n) is 19.2. The van der Waals surface area contributed by atoms with Gasteiger partial charge in [-0.05, 0) is 42.5 Å². The third-order valence-corrected chi connectivity index (χ3v) is 6.24. The first kappa shape index (κ1) is 22.1. The predicted octanol–water partition coefficient (Wildman–Crippen LogP) is 3.52. The van der Waals surface area contributed by atoms with E-state index in [0.717, 1.165) is 16.7 Å². The fourth-order valence-corrected chi connectivity index (χ4v) is 4.47. The average molecular weight is 444 g/mol. The van der Waals surface area contributed by atoms with Crippen molar-refractivity contribution in [1.29, 1.82) is 0 Å². The minimum atomic E-state index is -1.02. The predicted molar refractivity (Wildman–Crippen MR) is 116 cm³/mol. The van der Waals surface area contributed by atoms with Crippen LogP contribution in [0.15, 0.2) is 12.1 Å². The molecular weight excluding hydrogens is 416 g/mol. The highest BCUT2D eigenvalue weighted by atomic mass is 16.7. The van der Waals surface area contributed by atoms with E-state index in [2.05, 4.69) is 0 Å². The number of hydrogen-bond donors (Lipinski definition) is 1. The third-order valence-electron chi connectivity index (χ3n) is 6.24. The topological polar surface area (TPSA) is 92.7 Å². The summed E-state index contributed by atoms with van der Waals surface area (Å²) in [7, 11) is 4.56. The SMILES string of the molecule is COc1cc2c(c(OC)c1OC(C)=O)-c1c(cc3c(c1OC)OCO3)C[C@H](C)[C@@](C)(O)C2. The number of methoxy groups -OCH3 is 3. The Kier molecular flexibility index (Phi) is 5.58. The number of aliphatic hydroxyl groups is 1. The van der Waals surface area contributed by atoms with Gasteiger partial charge in [0.05, 0.1) is 26.9 Å². The summed E-state index contributed by atoms with van der Waals surface area (Å²) in [5.41, 5.74) is 2.06. The highest BCUT2D eigenvalue weighted by Crippen LogP contribution is 2.56. The number of ether oxygens (including phenoxy) is 6. The van der Waals surface area contributed by atoms with Gasteiger partial charge in [0.15, 0.2) is 23.0 Å². The number of fused-ring (bicyclic) bond motifs is 4. The molecule has 1 aliphatic heterocycles. The Morgan fingerprint density at radius 3 is 2.34 bits per heavy atom. The second kappa shape index (κ2) is 8.09. The molecule has 0 bridgehead atoms. The van der Waals surface area contributed by atoms with Crippen molar-refractivity contribution in [3.63, 3.8) is 0 Å². The lowest BCUT2D eigenvalue weighted by atomic mass is 9.75. The normalized spacial score (nSPS) is 21.0. The highest BCUT2D eigenvalue weighted by molar-refractivity contribution is 5.89. The van der Waals surface area contributed by atoms with Crippen LogP contribution in [0.1, 0.15) is 31.9 Å². The van der Waals surface area contributed by atoms with Crippen LogP contribution in [-0.4, -0.2) is 44.8 Å². The molecule has 172 valence electrons. The number of hydrogen-bond acceptors (Lipinski definition) is 8. The lowest BCUT2D eigenvalue weighted by molar-refractivity contribution is -0.132. The molecule has 8 nitrogen and oxygen atoms in total. The van der Waals surface area contributed by atoms with Crippen molar-refractivity contribution in [3.05, 3.63) is 23.3 Å². The summed E-state index contributed by atoms with van der Waals surface area (Å²) in [6, 6.07) is 3.69. The maximum Gasteiger partial charge on any atom is 0.308 e. The molecule has 32 heavy (non-hydrogen) atoms. The smallest absolute Gasteiger partial charge is 0.308 e. The summed E-state index contributed by atoms with van der Waals surface area (Å²) in [5, 5.41) is 11.3. The Morgan fingerprint density at radius 1 is 1.03 bits per heavy atom. The zero-order valence-corrected chi connectivity index (χ0v) is 19.2. The number of esters is 1. The second-order valence-corrected chi connectivity index (χ2v) is 8.39. The van der Waals surface area contributed by atoms with Gasteiger partial charge in [-0.25, -0.2) is 0 Å². The molecule has 1 N–H and O–H groups in total. The van der Waals surface area contributed by atoms with Crippen LogP contribution in [-0.2, 0) is 17.6 Å². The van der Waals surface area contributed by atoms with Gasteiger partial charge in [0.25, 0.3) is 0 Å². The first-order valence-electron chi connectivity index (χ1n) is 10.4. The molecule has 0 fully saturated rings. The monoisotopic (exact) mass is 444 g/mol. The molecule has 0 saturated heterocycles. The molecule has 2 aliphatic rings. The number of carbonyl (C=O) groups is 1. The standard InChI is InChI=1S/C24H28O8/c1-12-7-14-8-17-20(31-11-30-17)22(28-5)18(14)19-15(10-24(12,3)26)9-16(27-4)21(23(19)29-6)32-13(2)25/h8-9,12,26H,7,10-11H2,1-6H3/t12-,24-/m0/s1. The molecular formula is C24H28O8. The van der Waals surface area contributed by atoms with Gasteiger partial charge in [-0.3, -0.25) is 4.79 Å². The fraction of sp³-hybridized carbons (Fsp3) is 0.458. The van der Waals surface area contributed by atoms with E-state index >= 15 is 0 Å². The summed E-state index contributed by atoms with van der Waals surface area (Å²) < 4.78 is 34.0. The molecule has 2 aromatic rings. The van der Waals surface area contributed by atoms with Crippen molar-refractivity contribution in [3.8, 4) is 45.6 Å². The summed E-state index contributed by atoms with van der Waals surface area (Å²) in [4.78, 5) is 11.9. The molecule has 2 atom stereocenters. The van der Waals surface area contributed by atoms with Crippen LogP contribution in [0.4, 0.5) is 0 Å². The Hall–Kier alpha value is -3.13. The maximum absolute atomic E-state index is 11.9. The molecule has 0 saturated carbocycles. The van der Waals surface area contributed by atoms with Gasteiger partial charge < -0.3 is 33.5 Å². The summed E-state index contributed by atoms with van der Waals surface area (Å²) in [5.74, 6) is 1.82. The molecule has 1 heterocycles. The van der Waals surface area contributed by atoms with Crippen LogP contribution in [0.25, 0.3) is 11.1 Å². The summed E-state index contributed by atoms with van der Waals surface area (Å²) >= 11 is 0. The van der Waals surface area contributed by atoms with Crippen molar-refractivity contribution in [2.45, 2.75) is 39.2 Å². The van der Waals surface area contributed by atoms with Gasteiger partial charge in [-0.1, -0.05) is 6.92 Å². The van der Waals surface area contributed by atoms with E-state index in [0.29, 0.717) is 47.2 Å². The van der Waals surface area contributed by atoms with Gasteiger partial charge in [0, 0.05) is 24.5 Å². The minimum Gasteiger partial charge on any atom is -0.493 e. The first-order chi connectivity index (χ1) is 15.2. The van der Waals surface area contributed by atoms with Crippen LogP contribution in [0.2, 0.25) is 0 Å². The minimum absolute atomic E-state index is 0.0791. The number of benzene rings is 2. The Morgan fingerprint density at radius 2 is 1.72 bits per heavy atom. The van der Waals surface area contributed by atoms with Gasteiger partial charge in [0.2, 0.25) is 18.3 Å². The fourth-order valence-electron chi connectivity index (χ4n) is 4.47. The van der Waals surface area contributed by atoms with Crippen molar-refractivity contribution >= 4 is 5.97 Å². The molecule has 4 rings (SSSR count). The molecule has 8 heteroatoms. The van der Waals surface area contributed by atoms with Gasteiger partial charge >= 0.3 is 5.97 Å².